The average molecular weight is 567 g/mol. The van der Waals surface area contributed by atoms with Crippen LogP contribution < -0.4 is 9.47 Å². The molecule has 4 aromatic rings. The Bertz CT molecular complexity index is 1740. The van der Waals surface area contributed by atoms with E-state index in [9.17, 15) is 18.6 Å². The molecular weight excluding hydrogens is 536 g/mol. The largest absolute Gasteiger partial charge is 0.457 e. The highest BCUT2D eigenvalue weighted by Gasteiger charge is 2.18. The van der Waals surface area contributed by atoms with Crippen molar-refractivity contribution in [3.63, 3.8) is 0 Å². The Morgan fingerprint density at radius 2 is 0.976 bits per heavy atom. The lowest BCUT2D eigenvalue weighted by Gasteiger charge is -2.10. The van der Waals surface area contributed by atoms with Crippen LogP contribution in [0.2, 0.25) is 0 Å². The zero-order valence-corrected chi connectivity index (χ0v) is 24.0. The van der Waals surface area contributed by atoms with Gasteiger partial charge in [-0.25, -0.2) is 8.42 Å². The Balaban J connectivity index is 1.42. The molecule has 0 saturated heterocycles. The summed E-state index contributed by atoms with van der Waals surface area (Å²) in [4.78, 5) is 0.264. The minimum absolute atomic E-state index is 0.131. The molecule has 0 aliphatic heterocycles. The molecule has 0 radical (unpaired) electrons. The Morgan fingerprint density at radius 3 is 1.44 bits per heavy atom. The van der Waals surface area contributed by atoms with Crippen molar-refractivity contribution >= 4 is 9.84 Å². The number of rotatable bonds is 6. The van der Waals surface area contributed by atoms with Crippen molar-refractivity contribution in [3.8, 4) is 46.7 Å². The number of ether oxygens (including phenoxy) is 2. The van der Waals surface area contributed by atoms with Gasteiger partial charge in [0.05, 0.1) is 9.79 Å². The van der Waals surface area contributed by atoms with Gasteiger partial charge in [-0.05, 0) is 119 Å². The van der Waals surface area contributed by atoms with Gasteiger partial charge in [-0.2, -0.15) is 0 Å². The molecular formula is C34H30O6S. The van der Waals surface area contributed by atoms with Crippen molar-refractivity contribution in [2.24, 2.45) is 0 Å². The first kappa shape index (κ1) is 29.5. The van der Waals surface area contributed by atoms with Gasteiger partial charge in [0.1, 0.15) is 34.2 Å². The minimum atomic E-state index is -3.76. The van der Waals surface area contributed by atoms with E-state index in [2.05, 4.69) is 23.7 Å². The molecule has 0 heterocycles. The first-order chi connectivity index (χ1) is 19.3. The molecule has 0 atom stereocenters. The molecule has 7 heteroatoms. The van der Waals surface area contributed by atoms with Crippen molar-refractivity contribution in [2.45, 2.75) is 48.7 Å². The lowest BCUT2D eigenvalue weighted by molar-refractivity contribution is 0.143. The van der Waals surface area contributed by atoms with Gasteiger partial charge in [0.15, 0.2) is 0 Å². The van der Waals surface area contributed by atoms with Crippen molar-refractivity contribution in [1.29, 1.82) is 0 Å². The van der Waals surface area contributed by atoms with Crippen LogP contribution in [0.15, 0.2) is 107 Å². The van der Waals surface area contributed by atoms with Gasteiger partial charge in [0, 0.05) is 11.1 Å². The maximum atomic E-state index is 13.2. The molecule has 41 heavy (non-hydrogen) atoms. The van der Waals surface area contributed by atoms with Crippen LogP contribution in [0.1, 0.15) is 38.8 Å². The standard InChI is InChI=1S/C34H30O6S/c1-33(2,35)22-20-25-8-10-27(11-9-25)39-28-12-16-31(17-13-28)41(37,38)32-18-14-29(15-19-32)40-30-7-5-6-26(24-30)21-23-34(3,4)36/h5-19,24,35-36H,1-4H3. The van der Waals surface area contributed by atoms with Crippen molar-refractivity contribution in [2.75, 3.05) is 0 Å². The molecule has 6 nitrogen and oxygen atoms in total. The first-order valence-corrected chi connectivity index (χ1v) is 14.3. The first-order valence-electron chi connectivity index (χ1n) is 12.8. The summed E-state index contributed by atoms with van der Waals surface area (Å²) in [5, 5.41) is 19.5. The van der Waals surface area contributed by atoms with Crippen LogP contribution in [-0.2, 0) is 9.84 Å². The summed E-state index contributed by atoms with van der Waals surface area (Å²) in [6, 6.07) is 26.5. The maximum Gasteiger partial charge on any atom is 0.206 e. The van der Waals surface area contributed by atoms with E-state index >= 15 is 0 Å². The summed E-state index contributed by atoms with van der Waals surface area (Å²) in [6.07, 6.45) is 0. The lowest BCUT2D eigenvalue weighted by Crippen LogP contribution is -2.14. The molecule has 0 bridgehead atoms. The molecule has 0 fully saturated rings. The smallest absolute Gasteiger partial charge is 0.206 e. The lowest BCUT2D eigenvalue weighted by atomic mass is 10.1. The van der Waals surface area contributed by atoms with Crippen LogP contribution in [0.3, 0.4) is 0 Å². The second kappa shape index (κ2) is 11.9. The summed E-state index contributed by atoms with van der Waals surface area (Å²) in [5.41, 5.74) is -0.755. The van der Waals surface area contributed by atoms with Crippen LogP contribution in [0.5, 0.6) is 23.0 Å². The summed E-state index contributed by atoms with van der Waals surface area (Å²) in [6.45, 7) is 6.45. The molecule has 0 unspecified atom stereocenters. The van der Waals surface area contributed by atoms with Gasteiger partial charge in [0.2, 0.25) is 9.84 Å². The number of hydrogen-bond acceptors (Lipinski definition) is 6. The fraction of sp³-hybridized carbons (Fsp3) is 0.176. The van der Waals surface area contributed by atoms with Gasteiger partial charge in [-0.15, -0.1) is 0 Å². The Hall–Kier alpha value is -4.53. The highest BCUT2D eigenvalue weighted by atomic mass is 32.2. The SMILES string of the molecule is CC(C)(O)C#Cc1ccc(Oc2ccc(S(=O)(=O)c3ccc(Oc4cccc(C#CC(C)(C)O)c4)cc3)cc2)cc1. The molecule has 4 aromatic carbocycles. The second-order valence-corrected chi connectivity index (χ2v) is 12.3. The van der Waals surface area contributed by atoms with Gasteiger partial charge >= 0.3 is 0 Å². The number of benzene rings is 4. The predicted octanol–water partition coefficient (Wildman–Crippen LogP) is 6.35. The van der Waals surface area contributed by atoms with Crippen LogP contribution >= 0.6 is 0 Å². The molecule has 0 amide bonds. The van der Waals surface area contributed by atoms with Gasteiger partial charge in [-0.1, -0.05) is 29.7 Å². The molecule has 0 spiro atoms. The third-order valence-corrected chi connectivity index (χ3v) is 7.24. The molecule has 4 rings (SSSR count). The summed E-state index contributed by atoms with van der Waals surface area (Å²) < 4.78 is 38.1. The molecule has 0 aromatic heterocycles. The molecule has 2 N–H and O–H groups in total. The highest BCUT2D eigenvalue weighted by molar-refractivity contribution is 7.91. The van der Waals surface area contributed by atoms with E-state index in [0.29, 0.717) is 28.6 Å². The Morgan fingerprint density at radius 1 is 0.561 bits per heavy atom. The van der Waals surface area contributed by atoms with E-state index in [1.165, 1.54) is 24.3 Å². The molecule has 0 saturated carbocycles. The Labute approximate surface area is 241 Å². The number of sulfone groups is 1. The van der Waals surface area contributed by atoms with Gasteiger partial charge in [-0.3, -0.25) is 0 Å². The average Bonchev–Trinajstić information content (AvgIpc) is 2.92. The van der Waals surface area contributed by atoms with Crippen LogP contribution in [-0.4, -0.2) is 29.8 Å². The van der Waals surface area contributed by atoms with Crippen molar-refractivity contribution < 1.29 is 28.1 Å². The Kier molecular flexibility index (Phi) is 8.56. The quantitative estimate of drug-likeness (QED) is 0.264. The third kappa shape index (κ3) is 8.73. The minimum Gasteiger partial charge on any atom is -0.457 e. The fourth-order valence-electron chi connectivity index (χ4n) is 3.48. The van der Waals surface area contributed by atoms with Crippen LogP contribution in [0, 0.1) is 23.7 Å². The second-order valence-electron chi connectivity index (χ2n) is 10.3. The summed E-state index contributed by atoms with van der Waals surface area (Å²) >= 11 is 0. The van der Waals surface area contributed by atoms with Crippen molar-refractivity contribution in [3.05, 3.63) is 108 Å². The van der Waals surface area contributed by atoms with Crippen LogP contribution in [0.4, 0.5) is 0 Å². The van der Waals surface area contributed by atoms with E-state index < -0.39 is 21.0 Å². The van der Waals surface area contributed by atoms with E-state index in [4.69, 9.17) is 9.47 Å². The monoisotopic (exact) mass is 566 g/mol. The number of hydrogen-bond donors (Lipinski definition) is 2. The van der Waals surface area contributed by atoms with E-state index in [-0.39, 0.29) is 9.79 Å². The molecule has 0 aliphatic rings. The van der Waals surface area contributed by atoms with E-state index in [1.54, 1.807) is 94.4 Å². The summed E-state index contributed by atoms with van der Waals surface area (Å²) in [5.74, 6) is 13.4. The zero-order chi connectivity index (χ0) is 29.7. The van der Waals surface area contributed by atoms with E-state index in [0.717, 1.165) is 5.56 Å². The fourth-order valence-corrected chi connectivity index (χ4v) is 4.74. The molecule has 0 aliphatic carbocycles. The number of aliphatic hydroxyl groups is 2. The topological polar surface area (TPSA) is 93.1 Å². The predicted molar refractivity (Wildman–Crippen MR) is 158 cm³/mol. The van der Waals surface area contributed by atoms with Crippen LogP contribution in [0.25, 0.3) is 0 Å². The van der Waals surface area contributed by atoms with E-state index in [1.807, 2.05) is 6.07 Å². The molecule has 208 valence electrons. The van der Waals surface area contributed by atoms with Gasteiger partial charge in [0.25, 0.3) is 0 Å². The zero-order valence-electron chi connectivity index (χ0n) is 23.2. The normalized spacial score (nSPS) is 11.5. The highest BCUT2D eigenvalue weighted by Crippen LogP contribution is 2.29. The maximum absolute atomic E-state index is 13.2. The summed E-state index contributed by atoms with van der Waals surface area (Å²) in [7, 11) is -3.76. The third-order valence-electron chi connectivity index (χ3n) is 5.45. The van der Waals surface area contributed by atoms with Crippen molar-refractivity contribution in [1.82, 2.24) is 0 Å². The van der Waals surface area contributed by atoms with Gasteiger partial charge < -0.3 is 19.7 Å².